The van der Waals surface area contributed by atoms with E-state index < -0.39 is 0 Å². The average molecular weight is 352 g/mol. The minimum Gasteiger partial charge on any atom is -0.376 e. The molecule has 6 heteroatoms. The molecular weight excluding hydrogens is 330 g/mol. The molecule has 0 amide bonds. The van der Waals surface area contributed by atoms with Crippen LogP contribution >= 0.6 is 23.8 Å². The van der Waals surface area contributed by atoms with E-state index in [0.29, 0.717) is 18.1 Å². The summed E-state index contributed by atoms with van der Waals surface area (Å²) < 4.78 is 5.67. The molecule has 1 saturated heterocycles. The molecule has 1 unspecified atom stereocenters. The van der Waals surface area contributed by atoms with Crippen molar-refractivity contribution in [1.29, 1.82) is 5.26 Å². The Morgan fingerprint density at radius 3 is 2.87 bits per heavy atom. The number of halogens is 1. The first-order valence-electron chi connectivity index (χ1n) is 7.95. The van der Waals surface area contributed by atoms with Crippen molar-refractivity contribution in [2.24, 2.45) is 0 Å². The van der Waals surface area contributed by atoms with Gasteiger partial charge in [0, 0.05) is 31.3 Å². The summed E-state index contributed by atoms with van der Waals surface area (Å²) in [5.74, 6) is 0. The molecule has 23 heavy (non-hydrogen) atoms. The van der Waals surface area contributed by atoms with Gasteiger partial charge < -0.3 is 15.0 Å². The van der Waals surface area contributed by atoms with Gasteiger partial charge in [-0.15, -0.1) is 0 Å². The Kier molecular flexibility index (Phi) is 7.60. The summed E-state index contributed by atoms with van der Waals surface area (Å²) in [5, 5.41) is 13.6. The van der Waals surface area contributed by atoms with Gasteiger partial charge in [0.05, 0.1) is 18.6 Å². The maximum atomic E-state index is 8.82. The SMILES string of the molecule is N#CCCN(CC1CCCO1)C(=S)NCCc1ccc(Cl)cc1. The fraction of sp³-hybridized carbons (Fsp3) is 0.529. The van der Waals surface area contributed by atoms with Gasteiger partial charge in [-0.25, -0.2) is 0 Å². The van der Waals surface area contributed by atoms with E-state index in [1.807, 2.05) is 24.3 Å². The Balaban J connectivity index is 1.79. The van der Waals surface area contributed by atoms with E-state index in [0.717, 1.165) is 44.0 Å². The van der Waals surface area contributed by atoms with Gasteiger partial charge in [-0.05, 0) is 49.2 Å². The van der Waals surface area contributed by atoms with Crippen molar-refractivity contribution in [3.8, 4) is 6.07 Å². The van der Waals surface area contributed by atoms with Crippen molar-refractivity contribution < 1.29 is 4.74 Å². The summed E-state index contributed by atoms with van der Waals surface area (Å²) in [6, 6.07) is 10.0. The lowest BCUT2D eigenvalue weighted by Gasteiger charge is -2.27. The van der Waals surface area contributed by atoms with E-state index in [4.69, 9.17) is 33.8 Å². The van der Waals surface area contributed by atoms with Crippen molar-refractivity contribution in [2.75, 3.05) is 26.2 Å². The van der Waals surface area contributed by atoms with Crippen LogP contribution < -0.4 is 5.32 Å². The van der Waals surface area contributed by atoms with E-state index >= 15 is 0 Å². The largest absolute Gasteiger partial charge is 0.376 e. The van der Waals surface area contributed by atoms with Crippen LogP contribution in [0.15, 0.2) is 24.3 Å². The van der Waals surface area contributed by atoms with Gasteiger partial charge in [-0.1, -0.05) is 23.7 Å². The zero-order valence-electron chi connectivity index (χ0n) is 13.1. The Labute approximate surface area is 148 Å². The third-order valence-electron chi connectivity index (χ3n) is 3.83. The van der Waals surface area contributed by atoms with Crippen molar-refractivity contribution in [1.82, 2.24) is 10.2 Å². The Hall–Kier alpha value is -1.35. The molecule has 1 aliphatic heterocycles. The van der Waals surface area contributed by atoms with Crippen LogP contribution in [0.1, 0.15) is 24.8 Å². The molecule has 1 aliphatic rings. The van der Waals surface area contributed by atoms with E-state index in [1.165, 1.54) is 5.56 Å². The minimum atomic E-state index is 0.227. The number of nitrogens with one attached hydrogen (secondary N) is 1. The van der Waals surface area contributed by atoms with Crippen LogP contribution in [0, 0.1) is 11.3 Å². The zero-order valence-corrected chi connectivity index (χ0v) is 14.7. The van der Waals surface area contributed by atoms with Crippen LogP contribution in [-0.2, 0) is 11.2 Å². The van der Waals surface area contributed by atoms with Crippen LogP contribution in [0.3, 0.4) is 0 Å². The molecule has 0 spiro atoms. The fourth-order valence-electron chi connectivity index (χ4n) is 2.57. The second-order valence-electron chi connectivity index (χ2n) is 5.60. The maximum Gasteiger partial charge on any atom is 0.169 e. The third kappa shape index (κ3) is 6.34. The predicted molar refractivity (Wildman–Crippen MR) is 96.5 cm³/mol. The van der Waals surface area contributed by atoms with Crippen molar-refractivity contribution in [2.45, 2.75) is 31.8 Å². The summed E-state index contributed by atoms with van der Waals surface area (Å²) in [6.07, 6.45) is 3.74. The molecule has 4 nitrogen and oxygen atoms in total. The molecule has 0 bridgehead atoms. The van der Waals surface area contributed by atoms with Crippen LogP contribution in [0.2, 0.25) is 5.02 Å². The molecule has 1 fully saturated rings. The van der Waals surface area contributed by atoms with Crippen LogP contribution in [0.4, 0.5) is 0 Å². The quantitative estimate of drug-likeness (QED) is 0.765. The lowest BCUT2D eigenvalue weighted by molar-refractivity contribution is 0.0915. The summed E-state index contributed by atoms with van der Waals surface area (Å²) in [7, 11) is 0. The number of rotatable bonds is 7. The van der Waals surface area contributed by atoms with Gasteiger partial charge in [0.15, 0.2) is 5.11 Å². The Morgan fingerprint density at radius 2 is 2.22 bits per heavy atom. The van der Waals surface area contributed by atoms with Gasteiger partial charge in [0.2, 0.25) is 0 Å². The molecule has 1 heterocycles. The molecule has 1 N–H and O–H groups in total. The lowest BCUT2D eigenvalue weighted by Crippen LogP contribution is -2.44. The molecule has 0 saturated carbocycles. The zero-order chi connectivity index (χ0) is 16.5. The standard InChI is InChI=1S/C17H22ClN3OS/c18-15-6-4-14(5-7-15)8-10-20-17(23)21(11-2-9-19)13-16-3-1-12-22-16/h4-7,16H,1-3,8,10-13H2,(H,20,23). The van der Waals surface area contributed by atoms with E-state index in [1.54, 1.807) is 0 Å². The molecule has 1 aromatic carbocycles. The summed E-state index contributed by atoms with van der Waals surface area (Å²) >= 11 is 11.4. The maximum absolute atomic E-state index is 8.82. The topological polar surface area (TPSA) is 48.3 Å². The number of ether oxygens (including phenoxy) is 1. The average Bonchev–Trinajstić information content (AvgIpc) is 3.06. The highest BCUT2D eigenvalue weighted by atomic mass is 35.5. The number of nitrogens with zero attached hydrogens (tertiary/aromatic N) is 2. The highest BCUT2D eigenvalue weighted by Gasteiger charge is 2.20. The lowest BCUT2D eigenvalue weighted by atomic mass is 10.1. The first-order valence-corrected chi connectivity index (χ1v) is 8.73. The van der Waals surface area contributed by atoms with Gasteiger partial charge in [-0.3, -0.25) is 0 Å². The van der Waals surface area contributed by atoms with Crippen LogP contribution in [-0.4, -0.2) is 42.4 Å². The van der Waals surface area contributed by atoms with Gasteiger partial charge in [0.25, 0.3) is 0 Å². The monoisotopic (exact) mass is 351 g/mol. The van der Waals surface area contributed by atoms with E-state index in [-0.39, 0.29) is 6.10 Å². The summed E-state index contributed by atoms with van der Waals surface area (Å²) in [6.45, 7) is 2.99. The summed E-state index contributed by atoms with van der Waals surface area (Å²) in [5.41, 5.74) is 1.22. The third-order valence-corrected chi connectivity index (χ3v) is 4.49. The van der Waals surface area contributed by atoms with Crippen LogP contribution in [0.25, 0.3) is 0 Å². The molecule has 0 aliphatic carbocycles. The smallest absolute Gasteiger partial charge is 0.169 e. The normalized spacial score (nSPS) is 16.8. The molecule has 0 aromatic heterocycles. The highest BCUT2D eigenvalue weighted by molar-refractivity contribution is 7.80. The summed E-state index contributed by atoms with van der Waals surface area (Å²) in [4.78, 5) is 2.05. The predicted octanol–water partition coefficient (Wildman–Crippen LogP) is 3.15. The minimum absolute atomic E-state index is 0.227. The fourth-order valence-corrected chi connectivity index (χ4v) is 2.97. The highest BCUT2D eigenvalue weighted by Crippen LogP contribution is 2.14. The van der Waals surface area contributed by atoms with Crippen molar-refractivity contribution in [3.05, 3.63) is 34.9 Å². The number of thiocarbonyl (C=S) groups is 1. The first kappa shape index (κ1) is 18.0. The second kappa shape index (κ2) is 9.71. The van der Waals surface area contributed by atoms with Crippen molar-refractivity contribution >= 4 is 28.9 Å². The molecule has 1 atom stereocenters. The number of benzene rings is 1. The van der Waals surface area contributed by atoms with E-state index in [9.17, 15) is 0 Å². The Morgan fingerprint density at radius 1 is 1.43 bits per heavy atom. The molecule has 124 valence electrons. The number of hydrogen-bond acceptors (Lipinski definition) is 3. The van der Waals surface area contributed by atoms with Crippen molar-refractivity contribution in [3.63, 3.8) is 0 Å². The van der Waals surface area contributed by atoms with Gasteiger partial charge >= 0.3 is 0 Å². The molecule has 1 aromatic rings. The second-order valence-corrected chi connectivity index (χ2v) is 6.42. The molecular formula is C17H22ClN3OS. The van der Waals surface area contributed by atoms with Gasteiger partial charge in [0.1, 0.15) is 0 Å². The van der Waals surface area contributed by atoms with E-state index in [2.05, 4.69) is 16.3 Å². The van der Waals surface area contributed by atoms with Gasteiger partial charge in [-0.2, -0.15) is 5.26 Å². The molecule has 0 radical (unpaired) electrons. The van der Waals surface area contributed by atoms with Crippen LogP contribution in [0.5, 0.6) is 0 Å². The number of nitriles is 1. The Bertz CT molecular complexity index is 538. The molecule has 2 rings (SSSR count). The first-order chi connectivity index (χ1) is 11.2. The number of hydrogen-bond donors (Lipinski definition) is 1.